The largest absolute Gasteiger partial charge is 0.465 e. The molecule has 6 heteroatoms. The first kappa shape index (κ1) is 12.4. The number of carbonyl (C=O) groups excluding carboxylic acids is 1. The Balaban J connectivity index is 2.86. The zero-order valence-electron chi connectivity index (χ0n) is 9.85. The number of rotatable bonds is 2. The van der Waals surface area contributed by atoms with Crippen LogP contribution in [-0.2, 0) is 4.74 Å². The molecular formula is C12H10ClN3O2. The number of aromatic nitrogens is 2. The van der Waals surface area contributed by atoms with E-state index in [0.717, 1.165) is 0 Å². The Morgan fingerprint density at radius 3 is 2.94 bits per heavy atom. The summed E-state index contributed by atoms with van der Waals surface area (Å²) < 4.78 is 6.33. The lowest BCUT2D eigenvalue weighted by molar-refractivity contribution is 0.0602. The summed E-state index contributed by atoms with van der Waals surface area (Å²) in [6.07, 6.45) is 3.07. The van der Waals surface area contributed by atoms with Crippen LogP contribution in [0.2, 0.25) is 0 Å². The number of esters is 1. The first-order chi connectivity index (χ1) is 8.60. The van der Waals surface area contributed by atoms with Crippen LogP contribution < -0.4 is 0 Å². The van der Waals surface area contributed by atoms with Gasteiger partial charge in [0, 0.05) is 12.4 Å². The van der Waals surface area contributed by atoms with E-state index in [-0.39, 0.29) is 5.50 Å². The predicted octanol–water partition coefficient (Wildman–Crippen LogP) is 2.45. The molecule has 0 spiro atoms. The summed E-state index contributed by atoms with van der Waals surface area (Å²) >= 11 is 6.03. The Labute approximate surface area is 109 Å². The van der Waals surface area contributed by atoms with Gasteiger partial charge in [-0.3, -0.25) is 0 Å². The molecule has 2 heterocycles. The van der Waals surface area contributed by atoms with E-state index in [1.807, 2.05) is 6.07 Å². The molecule has 18 heavy (non-hydrogen) atoms. The van der Waals surface area contributed by atoms with Gasteiger partial charge < -0.3 is 9.30 Å². The molecule has 2 aromatic rings. The Morgan fingerprint density at radius 1 is 1.67 bits per heavy atom. The molecule has 0 aliphatic carbocycles. The number of ether oxygens (including phenoxy) is 1. The predicted molar refractivity (Wildman–Crippen MR) is 66.4 cm³/mol. The van der Waals surface area contributed by atoms with Gasteiger partial charge in [-0.05, 0) is 13.0 Å². The fraction of sp³-hybridized carbons (Fsp3) is 0.250. The molecule has 0 N–H and O–H groups in total. The summed E-state index contributed by atoms with van der Waals surface area (Å²) in [6, 6.07) is 3.59. The maximum atomic E-state index is 11.7. The number of alkyl halides is 1. The second kappa shape index (κ2) is 4.67. The number of methoxy groups -OCH3 is 1. The van der Waals surface area contributed by atoms with Crippen molar-refractivity contribution in [3.8, 4) is 6.07 Å². The lowest BCUT2D eigenvalue weighted by Gasteiger charge is -2.05. The zero-order valence-corrected chi connectivity index (χ0v) is 10.6. The van der Waals surface area contributed by atoms with Gasteiger partial charge in [-0.25, -0.2) is 9.78 Å². The summed E-state index contributed by atoms with van der Waals surface area (Å²) in [5, 5.41) is 9.56. The minimum Gasteiger partial charge on any atom is -0.465 e. The molecule has 0 aliphatic rings. The molecule has 0 saturated carbocycles. The molecule has 2 aromatic heterocycles. The quantitative estimate of drug-likeness (QED) is 0.616. The third-order valence-electron chi connectivity index (χ3n) is 2.62. The fourth-order valence-electron chi connectivity index (χ4n) is 1.81. The molecule has 0 bridgehead atoms. The first-order valence-corrected chi connectivity index (χ1v) is 5.65. The zero-order chi connectivity index (χ0) is 13.3. The summed E-state index contributed by atoms with van der Waals surface area (Å²) in [5.41, 5.74) is 0.783. The topological polar surface area (TPSA) is 67.9 Å². The SMILES string of the molecule is COC(=O)c1cn(C(C)Cl)c2nccc(C#N)c12. The van der Waals surface area contributed by atoms with Crippen molar-refractivity contribution in [2.45, 2.75) is 12.4 Å². The Bertz CT molecular complexity index is 655. The fourth-order valence-corrected chi connectivity index (χ4v) is 1.95. The molecule has 5 nitrogen and oxygen atoms in total. The maximum absolute atomic E-state index is 11.7. The Kier molecular flexibility index (Phi) is 3.21. The van der Waals surface area contributed by atoms with Crippen LogP contribution in [0.1, 0.15) is 28.3 Å². The number of nitrogens with zero attached hydrogens (tertiary/aromatic N) is 3. The van der Waals surface area contributed by atoms with Crippen LogP contribution in [0.5, 0.6) is 0 Å². The standard InChI is InChI=1S/C12H10ClN3O2/c1-7(13)16-6-9(12(17)18-2)10-8(5-14)3-4-15-11(10)16/h3-4,6-7H,1-2H3. The van der Waals surface area contributed by atoms with Gasteiger partial charge in [-0.15, -0.1) is 0 Å². The van der Waals surface area contributed by atoms with E-state index >= 15 is 0 Å². The highest BCUT2D eigenvalue weighted by Gasteiger charge is 2.20. The average molecular weight is 264 g/mol. The molecule has 92 valence electrons. The molecule has 0 saturated heterocycles. The van der Waals surface area contributed by atoms with Gasteiger partial charge >= 0.3 is 5.97 Å². The number of pyridine rings is 1. The molecule has 0 aliphatic heterocycles. The van der Waals surface area contributed by atoms with E-state index < -0.39 is 5.97 Å². The summed E-state index contributed by atoms with van der Waals surface area (Å²) in [4.78, 5) is 15.9. The molecule has 0 fully saturated rings. The van der Waals surface area contributed by atoms with E-state index in [2.05, 4.69) is 4.98 Å². The summed E-state index contributed by atoms with van der Waals surface area (Å²) in [7, 11) is 1.29. The number of hydrogen-bond acceptors (Lipinski definition) is 4. The molecular weight excluding hydrogens is 254 g/mol. The maximum Gasteiger partial charge on any atom is 0.340 e. The third kappa shape index (κ3) is 1.81. The molecule has 1 unspecified atom stereocenters. The van der Waals surface area contributed by atoms with Crippen molar-refractivity contribution in [3.63, 3.8) is 0 Å². The normalized spacial score (nSPS) is 12.1. The van der Waals surface area contributed by atoms with Gasteiger partial charge in [0.25, 0.3) is 0 Å². The van der Waals surface area contributed by atoms with Crippen LogP contribution >= 0.6 is 11.6 Å². The minimum atomic E-state index is -0.513. The van der Waals surface area contributed by atoms with Gasteiger partial charge in [-0.1, -0.05) is 11.6 Å². The van der Waals surface area contributed by atoms with Crippen molar-refractivity contribution in [3.05, 3.63) is 29.6 Å². The number of hydrogen-bond donors (Lipinski definition) is 0. The smallest absolute Gasteiger partial charge is 0.340 e. The minimum absolute atomic E-state index is 0.296. The van der Waals surface area contributed by atoms with Crippen molar-refractivity contribution < 1.29 is 9.53 Å². The molecule has 0 amide bonds. The van der Waals surface area contributed by atoms with Crippen LogP contribution in [0.3, 0.4) is 0 Å². The monoisotopic (exact) mass is 263 g/mol. The van der Waals surface area contributed by atoms with Crippen molar-refractivity contribution in [1.29, 1.82) is 5.26 Å². The van der Waals surface area contributed by atoms with Crippen LogP contribution in [0.4, 0.5) is 0 Å². The van der Waals surface area contributed by atoms with Gasteiger partial charge in [0.05, 0.1) is 29.7 Å². The second-order valence-electron chi connectivity index (χ2n) is 3.68. The molecule has 0 aromatic carbocycles. The van der Waals surface area contributed by atoms with E-state index in [1.165, 1.54) is 13.3 Å². The average Bonchev–Trinajstić information content (AvgIpc) is 2.77. The van der Waals surface area contributed by atoms with Gasteiger partial charge in [-0.2, -0.15) is 5.26 Å². The van der Waals surface area contributed by atoms with Gasteiger partial charge in [0.2, 0.25) is 0 Å². The van der Waals surface area contributed by atoms with Gasteiger partial charge in [0.15, 0.2) is 0 Å². The van der Waals surface area contributed by atoms with E-state index in [0.29, 0.717) is 22.2 Å². The molecule has 1 atom stereocenters. The number of halogens is 1. The summed E-state index contributed by atoms with van der Waals surface area (Å²) in [5.74, 6) is -0.513. The van der Waals surface area contributed by atoms with Crippen LogP contribution in [0.15, 0.2) is 18.5 Å². The highest BCUT2D eigenvalue weighted by atomic mass is 35.5. The van der Waals surface area contributed by atoms with Crippen LogP contribution in [0.25, 0.3) is 11.0 Å². The van der Waals surface area contributed by atoms with E-state index in [1.54, 1.807) is 23.8 Å². The van der Waals surface area contributed by atoms with Crippen molar-refractivity contribution >= 4 is 28.6 Å². The van der Waals surface area contributed by atoms with Crippen molar-refractivity contribution in [2.24, 2.45) is 0 Å². The summed E-state index contributed by atoms with van der Waals surface area (Å²) in [6.45, 7) is 1.75. The van der Waals surface area contributed by atoms with Crippen molar-refractivity contribution in [2.75, 3.05) is 7.11 Å². The van der Waals surface area contributed by atoms with Crippen LogP contribution in [0, 0.1) is 11.3 Å². The second-order valence-corrected chi connectivity index (χ2v) is 4.32. The first-order valence-electron chi connectivity index (χ1n) is 5.22. The van der Waals surface area contributed by atoms with E-state index in [9.17, 15) is 4.79 Å². The number of carbonyl (C=O) groups is 1. The lowest BCUT2D eigenvalue weighted by atomic mass is 10.1. The molecule has 2 rings (SSSR count). The highest BCUT2D eigenvalue weighted by molar-refractivity contribution is 6.19. The third-order valence-corrected chi connectivity index (χ3v) is 2.83. The number of nitriles is 1. The van der Waals surface area contributed by atoms with E-state index in [4.69, 9.17) is 21.6 Å². The highest BCUT2D eigenvalue weighted by Crippen LogP contribution is 2.27. The number of fused-ring (bicyclic) bond motifs is 1. The van der Waals surface area contributed by atoms with Crippen LogP contribution in [-0.4, -0.2) is 22.6 Å². The Hall–Kier alpha value is -2.06. The van der Waals surface area contributed by atoms with Gasteiger partial charge in [0.1, 0.15) is 11.1 Å². The van der Waals surface area contributed by atoms with Crippen molar-refractivity contribution in [1.82, 2.24) is 9.55 Å². The molecule has 0 radical (unpaired) electrons. The Morgan fingerprint density at radius 2 is 2.39 bits per heavy atom. The lowest BCUT2D eigenvalue weighted by Crippen LogP contribution is -2.01.